The standard InChI is InChI=1S/C14H23N3/c1-3-4-8-13-12(2)11-15-14(16-13)17-9-6-5-7-10-17/h11H,3-10H2,1-2H3. The molecule has 0 bridgehead atoms. The van der Waals surface area contributed by atoms with E-state index in [2.05, 4.69) is 23.7 Å². The van der Waals surface area contributed by atoms with Crippen molar-refractivity contribution in [3.8, 4) is 0 Å². The summed E-state index contributed by atoms with van der Waals surface area (Å²) in [6, 6.07) is 0. The molecule has 0 aliphatic carbocycles. The van der Waals surface area contributed by atoms with Crippen molar-refractivity contribution < 1.29 is 0 Å². The Morgan fingerprint density at radius 2 is 2.00 bits per heavy atom. The molecule has 2 rings (SSSR count). The number of piperidine rings is 1. The number of nitrogens with zero attached hydrogens (tertiary/aromatic N) is 3. The zero-order valence-electron chi connectivity index (χ0n) is 11.1. The SMILES string of the molecule is CCCCc1nc(N2CCCCC2)ncc1C. The highest BCUT2D eigenvalue weighted by atomic mass is 15.2. The minimum atomic E-state index is 0.946. The fraction of sp³-hybridized carbons (Fsp3) is 0.714. The molecule has 0 N–H and O–H groups in total. The van der Waals surface area contributed by atoms with Crippen LogP contribution < -0.4 is 4.90 Å². The second-order valence-electron chi connectivity index (χ2n) is 4.95. The second kappa shape index (κ2) is 5.99. The third-order valence-corrected chi connectivity index (χ3v) is 3.47. The van der Waals surface area contributed by atoms with Gasteiger partial charge in [-0.05, 0) is 44.6 Å². The van der Waals surface area contributed by atoms with E-state index in [1.807, 2.05) is 6.20 Å². The van der Waals surface area contributed by atoms with Gasteiger partial charge in [-0.1, -0.05) is 13.3 Å². The zero-order valence-corrected chi connectivity index (χ0v) is 11.1. The first-order chi connectivity index (χ1) is 8.31. The molecule has 0 atom stereocenters. The molecular weight excluding hydrogens is 210 g/mol. The molecule has 0 radical (unpaired) electrons. The highest BCUT2D eigenvalue weighted by Crippen LogP contribution is 2.17. The van der Waals surface area contributed by atoms with Crippen LogP contribution >= 0.6 is 0 Å². The highest BCUT2D eigenvalue weighted by molar-refractivity contribution is 5.33. The van der Waals surface area contributed by atoms with Crippen molar-refractivity contribution in [3.63, 3.8) is 0 Å². The molecule has 1 fully saturated rings. The Kier molecular flexibility index (Phi) is 4.35. The lowest BCUT2D eigenvalue weighted by molar-refractivity contribution is 0.566. The van der Waals surface area contributed by atoms with E-state index >= 15 is 0 Å². The van der Waals surface area contributed by atoms with E-state index in [0.717, 1.165) is 25.5 Å². The van der Waals surface area contributed by atoms with Gasteiger partial charge in [-0.25, -0.2) is 9.97 Å². The van der Waals surface area contributed by atoms with Gasteiger partial charge in [0.2, 0.25) is 5.95 Å². The van der Waals surface area contributed by atoms with Gasteiger partial charge in [0, 0.05) is 25.0 Å². The number of aryl methyl sites for hydroxylation is 2. The summed E-state index contributed by atoms with van der Waals surface area (Å²) >= 11 is 0. The molecule has 0 amide bonds. The van der Waals surface area contributed by atoms with Crippen LogP contribution in [0.2, 0.25) is 0 Å². The summed E-state index contributed by atoms with van der Waals surface area (Å²) in [5, 5.41) is 0. The first-order valence-corrected chi connectivity index (χ1v) is 6.88. The Labute approximate surface area is 104 Å². The van der Waals surface area contributed by atoms with Gasteiger partial charge in [0.1, 0.15) is 0 Å². The molecule has 1 aromatic rings. The van der Waals surface area contributed by atoms with Crippen molar-refractivity contribution >= 4 is 5.95 Å². The third kappa shape index (κ3) is 3.18. The lowest BCUT2D eigenvalue weighted by Crippen LogP contribution is -2.31. The molecule has 3 heteroatoms. The quantitative estimate of drug-likeness (QED) is 0.800. The Bertz CT molecular complexity index is 356. The van der Waals surface area contributed by atoms with Crippen LogP contribution in [0.4, 0.5) is 5.95 Å². The topological polar surface area (TPSA) is 29.0 Å². The lowest BCUT2D eigenvalue weighted by atomic mass is 10.1. The molecule has 1 aliphatic rings. The number of unbranched alkanes of at least 4 members (excludes halogenated alkanes) is 1. The molecule has 0 aromatic carbocycles. The van der Waals surface area contributed by atoms with Crippen LogP contribution in [0, 0.1) is 6.92 Å². The predicted molar refractivity (Wildman–Crippen MR) is 71.4 cm³/mol. The Hall–Kier alpha value is -1.12. The van der Waals surface area contributed by atoms with Gasteiger partial charge in [-0.15, -0.1) is 0 Å². The van der Waals surface area contributed by atoms with E-state index in [0.29, 0.717) is 0 Å². The maximum absolute atomic E-state index is 4.75. The van der Waals surface area contributed by atoms with Crippen molar-refractivity contribution in [1.29, 1.82) is 0 Å². The molecule has 0 spiro atoms. The summed E-state index contributed by atoms with van der Waals surface area (Å²) in [6.45, 7) is 6.58. The van der Waals surface area contributed by atoms with Crippen molar-refractivity contribution in [1.82, 2.24) is 9.97 Å². The largest absolute Gasteiger partial charge is 0.341 e. The molecule has 3 nitrogen and oxygen atoms in total. The van der Waals surface area contributed by atoms with E-state index in [9.17, 15) is 0 Å². The van der Waals surface area contributed by atoms with Crippen LogP contribution in [0.3, 0.4) is 0 Å². The number of anilines is 1. The van der Waals surface area contributed by atoms with E-state index in [4.69, 9.17) is 4.98 Å². The van der Waals surface area contributed by atoms with Crippen molar-refractivity contribution in [3.05, 3.63) is 17.5 Å². The average Bonchev–Trinajstić information content (AvgIpc) is 2.39. The van der Waals surface area contributed by atoms with Gasteiger partial charge < -0.3 is 4.90 Å². The molecule has 94 valence electrons. The summed E-state index contributed by atoms with van der Waals surface area (Å²) in [4.78, 5) is 11.6. The number of hydrogen-bond acceptors (Lipinski definition) is 3. The Morgan fingerprint density at radius 3 is 2.71 bits per heavy atom. The van der Waals surface area contributed by atoms with Gasteiger partial charge in [0.05, 0.1) is 0 Å². The monoisotopic (exact) mass is 233 g/mol. The molecule has 1 saturated heterocycles. The van der Waals surface area contributed by atoms with E-state index in [1.165, 1.54) is 43.4 Å². The van der Waals surface area contributed by atoms with Gasteiger partial charge >= 0.3 is 0 Å². The van der Waals surface area contributed by atoms with Crippen molar-refractivity contribution in [2.75, 3.05) is 18.0 Å². The van der Waals surface area contributed by atoms with Gasteiger partial charge in [0.25, 0.3) is 0 Å². The van der Waals surface area contributed by atoms with E-state index in [-0.39, 0.29) is 0 Å². The zero-order chi connectivity index (χ0) is 12.1. The first kappa shape index (κ1) is 12.3. The summed E-state index contributed by atoms with van der Waals surface area (Å²) in [5.41, 5.74) is 2.47. The van der Waals surface area contributed by atoms with Gasteiger partial charge in [-0.2, -0.15) is 0 Å². The van der Waals surface area contributed by atoms with Gasteiger partial charge in [0.15, 0.2) is 0 Å². The molecular formula is C14H23N3. The van der Waals surface area contributed by atoms with Crippen LogP contribution in [0.25, 0.3) is 0 Å². The molecule has 17 heavy (non-hydrogen) atoms. The Balaban J connectivity index is 2.11. The van der Waals surface area contributed by atoms with E-state index < -0.39 is 0 Å². The summed E-state index contributed by atoms with van der Waals surface area (Å²) in [6.07, 6.45) is 9.43. The summed E-state index contributed by atoms with van der Waals surface area (Å²) < 4.78 is 0. The second-order valence-corrected chi connectivity index (χ2v) is 4.95. The third-order valence-electron chi connectivity index (χ3n) is 3.47. The van der Waals surface area contributed by atoms with Crippen molar-refractivity contribution in [2.45, 2.75) is 52.4 Å². The summed E-state index contributed by atoms with van der Waals surface area (Å²) in [7, 11) is 0. The van der Waals surface area contributed by atoms with Crippen LogP contribution in [0.1, 0.15) is 50.3 Å². The number of rotatable bonds is 4. The smallest absolute Gasteiger partial charge is 0.225 e. The molecule has 1 aliphatic heterocycles. The van der Waals surface area contributed by atoms with Crippen molar-refractivity contribution in [2.24, 2.45) is 0 Å². The normalized spacial score (nSPS) is 16.2. The molecule has 2 heterocycles. The minimum Gasteiger partial charge on any atom is -0.341 e. The molecule has 0 saturated carbocycles. The molecule has 1 aromatic heterocycles. The lowest BCUT2D eigenvalue weighted by Gasteiger charge is -2.27. The van der Waals surface area contributed by atoms with Crippen LogP contribution in [-0.2, 0) is 6.42 Å². The molecule has 0 unspecified atom stereocenters. The fourth-order valence-corrected chi connectivity index (χ4v) is 2.31. The maximum Gasteiger partial charge on any atom is 0.225 e. The number of hydrogen-bond donors (Lipinski definition) is 0. The fourth-order valence-electron chi connectivity index (χ4n) is 2.31. The maximum atomic E-state index is 4.75. The minimum absolute atomic E-state index is 0.946. The van der Waals surface area contributed by atoms with Crippen LogP contribution in [0.5, 0.6) is 0 Å². The van der Waals surface area contributed by atoms with Gasteiger partial charge in [-0.3, -0.25) is 0 Å². The van der Waals surface area contributed by atoms with E-state index in [1.54, 1.807) is 0 Å². The first-order valence-electron chi connectivity index (χ1n) is 6.88. The van der Waals surface area contributed by atoms with Crippen LogP contribution in [-0.4, -0.2) is 23.1 Å². The number of aromatic nitrogens is 2. The predicted octanol–water partition coefficient (Wildman–Crippen LogP) is 3.12. The Morgan fingerprint density at radius 1 is 1.24 bits per heavy atom. The van der Waals surface area contributed by atoms with Crippen LogP contribution in [0.15, 0.2) is 6.20 Å². The highest BCUT2D eigenvalue weighted by Gasteiger charge is 2.14. The average molecular weight is 233 g/mol. The summed E-state index contributed by atoms with van der Waals surface area (Å²) in [5.74, 6) is 0.946.